The fourth-order valence-corrected chi connectivity index (χ4v) is 4.77. The Hall–Kier alpha value is -1.77. The first-order chi connectivity index (χ1) is 14.7. The summed E-state index contributed by atoms with van der Waals surface area (Å²) in [6, 6.07) is 9.57. The first kappa shape index (κ1) is 22.9. The molecule has 1 fully saturated rings. The highest BCUT2D eigenvalue weighted by molar-refractivity contribution is 5.59. The Balaban J connectivity index is 1.50. The van der Waals surface area contributed by atoms with Crippen LogP contribution >= 0.6 is 0 Å². The molecule has 3 rings (SSSR count). The van der Waals surface area contributed by atoms with E-state index < -0.39 is 0 Å². The molecule has 0 N–H and O–H groups in total. The van der Waals surface area contributed by atoms with E-state index in [1.54, 1.807) is 6.07 Å². The van der Waals surface area contributed by atoms with E-state index in [1.807, 2.05) is 18.2 Å². The Bertz CT molecular complexity index is 748. The van der Waals surface area contributed by atoms with Crippen LogP contribution in [0, 0.1) is 17.7 Å². The Morgan fingerprint density at radius 3 is 2.27 bits per heavy atom. The third-order valence-corrected chi connectivity index (χ3v) is 6.95. The van der Waals surface area contributed by atoms with E-state index in [0.29, 0.717) is 11.3 Å². The molecule has 0 saturated heterocycles. The highest BCUT2D eigenvalue weighted by Crippen LogP contribution is 2.33. The Morgan fingerprint density at radius 1 is 0.833 bits per heavy atom. The second kappa shape index (κ2) is 12.2. The van der Waals surface area contributed by atoms with Crippen LogP contribution < -0.4 is 0 Å². The zero-order chi connectivity index (χ0) is 21.2. The zero-order valence-electron chi connectivity index (χ0n) is 19.0. The van der Waals surface area contributed by atoms with E-state index >= 15 is 0 Å². The van der Waals surface area contributed by atoms with Crippen LogP contribution in [-0.2, 0) is 12.8 Å². The van der Waals surface area contributed by atoms with Crippen molar-refractivity contribution < 1.29 is 4.39 Å². The van der Waals surface area contributed by atoms with Gasteiger partial charge in [0.2, 0.25) is 0 Å². The van der Waals surface area contributed by atoms with Gasteiger partial charge in [-0.1, -0.05) is 77.7 Å². The number of halogens is 1. The number of aromatic nitrogens is 2. The third kappa shape index (κ3) is 6.89. The van der Waals surface area contributed by atoms with Crippen molar-refractivity contribution in [1.29, 1.82) is 0 Å². The lowest BCUT2D eigenvalue weighted by Crippen LogP contribution is -2.14. The maximum atomic E-state index is 14.8. The van der Waals surface area contributed by atoms with Gasteiger partial charge in [-0.3, -0.25) is 0 Å². The van der Waals surface area contributed by atoms with E-state index in [-0.39, 0.29) is 5.82 Å². The predicted molar refractivity (Wildman–Crippen MR) is 124 cm³/mol. The molecular formula is C27H39FN2. The van der Waals surface area contributed by atoms with Crippen LogP contribution in [0.3, 0.4) is 0 Å². The van der Waals surface area contributed by atoms with E-state index in [0.717, 1.165) is 42.4 Å². The monoisotopic (exact) mass is 410 g/mol. The summed E-state index contributed by atoms with van der Waals surface area (Å²) in [5.74, 6) is 1.58. The first-order valence-electron chi connectivity index (χ1n) is 12.3. The Morgan fingerprint density at radius 2 is 1.60 bits per heavy atom. The van der Waals surface area contributed by atoms with Gasteiger partial charge in [0.1, 0.15) is 5.82 Å². The number of unbranched alkanes of at least 4 members (excludes halogenated alkanes) is 4. The van der Waals surface area contributed by atoms with Crippen molar-refractivity contribution in [3.63, 3.8) is 0 Å². The van der Waals surface area contributed by atoms with Crippen molar-refractivity contribution in [1.82, 2.24) is 10.2 Å². The van der Waals surface area contributed by atoms with Gasteiger partial charge in [0, 0.05) is 5.56 Å². The molecule has 164 valence electrons. The quantitative estimate of drug-likeness (QED) is 0.351. The average molecular weight is 411 g/mol. The van der Waals surface area contributed by atoms with Crippen molar-refractivity contribution in [2.45, 2.75) is 97.3 Å². The van der Waals surface area contributed by atoms with Crippen LogP contribution in [0.2, 0.25) is 0 Å². The summed E-state index contributed by atoms with van der Waals surface area (Å²) in [7, 11) is 0. The molecular weight excluding hydrogens is 371 g/mol. The highest BCUT2D eigenvalue weighted by atomic mass is 19.1. The molecule has 0 atom stereocenters. The first-order valence-corrected chi connectivity index (χ1v) is 12.3. The van der Waals surface area contributed by atoms with Crippen LogP contribution in [0.15, 0.2) is 30.3 Å². The predicted octanol–water partition coefficient (Wildman–Crippen LogP) is 7.94. The maximum absolute atomic E-state index is 14.8. The van der Waals surface area contributed by atoms with Crippen LogP contribution in [-0.4, -0.2) is 10.2 Å². The van der Waals surface area contributed by atoms with E-state index in [9.17, 15) is 4.39 Å². The molecule has 0 bridgehead atoms. The molecule has 2 nitrogen and oxygen atoms in total. The molecule has 1 saturated carbocycles. The number of nitrogens with zero attached hydrogens (tertiary/aromatic N) is 2. The van der Waals surface area contributed by atoms with Crippen LogP contribution in [0.5, 0.6) is 0 Å². The fourth-order valence-electron chi connectivity index (χ4n) is 4.77. The number of rotatable bonds is 11. The van der Waals surface area contributed by atoms with Gasteiger partial charge in [-0.15, -0.1) is 0 Å². The molecule has 2 aromatic rings. The van der Waals surface area contributed by atoms with Gasteiger partial charge in [-0.2, -0.15) is 10.2 Å². The minimum absolute atomic E-state index is 0.177. The van der Waals surface area contributed by atoms with Gasteiger partial charge < -0.3 is 0 Å². The molecule has 3 heteroatoms. The van der Waals surface area contributed by atoms with Crippen molar-refractivity contribution >= 4 is 0 Å². The second-order valence-electron chi connectivity index (χ2n) is 9.22. The van der Waals surface area contributed by atoms with Crippen LogP contribution in [0.4, 0.5) is 4.39 Å². The summed E-state index contributed by atoms with van der Waals surface area (Å²) >= 11 is 0. The molecule has 30 heavy (non-hydrogen) atoms. The van der Waals surface area contributed by atoms with Crippen molar-refractivity contribution in [2.24, 2.45) is 11.8 Å². The molecule has 0 unspecified atom stereocenters. The largest absolute Gasteiger partial charge is 0.206 e. The summed E-state index contributed by atoms with van der Waals surface area (Å²) < 4.78 is 14.8. The van der Waals surface area contributed by atoms with Gasteiger partial charge >= 0.3 is 0 Å². The molecule has 1 aromatic heterocycles. The van der Waals surface area contributed by atoms with Crippen molar-refractivity contribution in [3.8, 4) is 11.3 Å². The lowest BCUT2D eigenvalue weighted by atomic mass is 9.78. The van der Waals surface area contributed by atoms with Gasteiger partial charge in [-0.25, -0.2) is 4.39 Å². The lowest BCUT2D eigenvalue weighted by Gasteiger charge is -2.27. The SMILES string of the molecule is CCCCCCCc1ccc(-c2ccc(CCC3CCC(CC)CC3)cc2F)nn1. The number of hydrogen-bond acceptors (Lipinski definition) is 2. The summed E-state index contributed by atoms with van der Waals surface area (Å²) in [5.41, 5.74) is 3.30. The molecule has 0 amide bonds. The van der Waals surface area contributed by atoms with Gasteiger partial charge in [-0.05, 0) is 67.3 Å². The third-order valence-electron chi connectivity index (χ3n) is 6.95. The van der Waals surface area contributed by atoms with Crippen molar-refractivity contribution in [2.75, 3.05) is 0 Å². The molecule has 1 aliphatic rings. The minimum Gasteiger partial charge on any atom is -0.206 e. The average Bonchev–Trinajstić information content (AvgIpc) is 2.78. The highest BCUT2D eigenvalue weighted by Gasteiger charge is 2.19. The van der Waals surface area contributed by atoms with E-state index in [2.05, 4.69) is 30.1 Å². The summed E-state index contributed by atoms with van der Waals surface area (Å²) in [4.78, 5) is 0. The van der Waals surface area contributed by atoms with Gasteiger partial charge in [0.25, 0.3) is 0 Å². The molecule has 1 heterocycles. The lowest BCUT2D eigenvalue weighted by molar-refractivity contribution is 0.259. The summed E-state index contributed by atoms with van der Waals surface area (Å²) in [6.45, 7) is 4.54. The van der Waals surface area contributed by atoms with Crippen LogP contribution in [0.25, 0.3) is 11.3 Å². The number of aryl methyl sites for hydroxylation is 2. The number of benzene rings is 1. The molecule has 0 aliphatic heterocycles. The summed E-state index contributed by atoms with van der Waals surface area (Å²) in [5, 5.41) is 8.63. The van der Waals surface area contributed by atoms with E-state index in [1.165, 1.54) is 64.2 Å². The Labute approximate surface area is 182 Å². The second-order valence-corrected chi connectivity index (χ2v) is 9.22. The minimum atomic E-state index is -0.177. The topological polar surface area (TPSA) is 25.8 Å². The summed E-state index contributed by atoms with van der Waals surface area (Å²) in [6.07, 6.45) is 16.1. The molecule has 1 aromatic carbocycles. The number of hydrogen-bond donors (Lipinski definition) is 0. The Kier molecular flexibility index (Phi) is 9.29. The smallest absolute Gasteiger partial charge is 0.132 e. The normalized spacial score (nSPS) is 19.2. The van der Waals surface area contributed by atoms with Gasteiger partial charge in [0.05, 0.1) is 11.4 Å². The van der Waals surface area contributed by atoms with Crippen LogP contribution in [0.1, 0.15) is 95.7 Å². The van der Waals surface area contributed by atoms with Gasteiger partial charge in [0.15, 0.2) is 0 Å². The molecule has 0 spiro atoms. The van der Waals surface area contributed by atoms with E-state index in [4.69, 9.17) is 0 Å². The fraction of sp³-hybridized carbons (Fsp3) is 0.630. The standard InChI is InChI=1S/C27H39FN2/c1-3-5-6-7-8-9-24-17-19-27(30-29-24)25-18-16-23(20-26(25)28)15-14-22-12-10-21(4-2)11-13-22/h16-22H,3-15H2,1-2H3. The van der Waals surface area contributed by atoms with Crippen molar-refractivity contribution in [3.05, 3.63) is 47.4 Å². The molecule has 1 aliphatic carbocycles. The molecule has 0 radical (unpaired) electrons. The zero-order valence-corrected chi connectivity index (χ0v) is 19.0. The maximum Gasteiger partial charge on any atom is 0.132 e.